The van der Waals surface area contributed by atoms with Crippen molar-refractivity contribution in [3.8, 4) is 17.8 Å². The first kappa shape index (κ1) is 21.6. The zero-order chi connectivity index (χ0) is 23.6. The lowest BCUT2D eigenvalue weighted by Gasteiger charge is -2.21. The average molecular weight is 440 g/mol. The first-order chi connectivity index (χ1) is 15.8. The molecule has 2 N–H and O–H groups in total. The molecule has 2 heterocycles. The van der Waals surface area contributed by atoms with Gasteiger partial charge >= 0.3 is 0 Å². The van der Waals surface area contributed by atoms with E-state index < -0.39 is 11.4 Å². The van der Waals surface area contributed by atoms with E-state index in [1.165, 1.54) is 23.3 Å². The normalized spacial score (nSPS) is 11.6. The predicted octanol–water partition coefficient (Wildman–Crippen LogP) is 4.34. The maximum Gasteiger partial charge on any atom is 0.256 e. The largest absolute Gasteiger partial charge is 0.505 e. The number of phenolic OH excluding ortho intramolecular Hbond substituents is 1. The second kappa shape index (κ2) is 8.47. The fraction of sp³-hybridized carbons (Fsp3) is 0.174. The minimum Gasteiger partial charge on any atom is -0.505 e. The predicted molar refractivity (Wildman–Crippen MR) is 121 cm³/mol. The van der Waals surface area contributed by atoms with Crippen molar-refractivity contribution in [3.05, 3.63) is 66.1 Å². The molecule has 33 heavy (non-hydrogen) atoms. The number of rotatable bonds is 4. The summed E-state index contributed by atoms with van der Waals surface area (Å²) in [5.41, 5.74) is -0.195. The maximum atomic E-state index is 13.0. The molecular weight excluding hydrogens is 420 g/mol. The van der Waals surface area contributed by atoms with Gasteiger partial charge in [-0.25, -0.2) is 9.97 Å². The van der Waals surface area contributed by atoms with E-state index in [0.29, 0.717) is 10.8 Å². The molecule has 0 spiro atoms. The summed E-state index contributed by atoms with van der Waals surface area (Å²) in [6, 6.07) is 12.4. The van der Waals surface area contributed by atoms with Gasteiger partial charge in [0.25, 0.3) is 11.9 Å². The van der Waals surface area contributed by atoms with Crippen LogP contribution in [-0.2, 0) is 0 Å². The number of nitrogens with zero attached hydrogens (tertiary/aromatic N) is 7. The van der Waals surface area contributed by atoms with Gasteiger partial charge < -0.3 is 10.4 Å². The zero-order valence-electron chi connectivity index (χ0n) is 18.2. The molecule has 4 rings (SSSR count). The van der Waals surface area contributed by atoms with Crippen molar-refractivity contribution in [1.29, 1.82) is 5.26 Å². The van der Waals surface area contributed by atoms with Crippen molar-refractivity contribution in [2.45, 2.75) is 26.3 Å². The van der Waals surface area contributed by atoms with Crippen LogP contribution in [0.25, 0.3) is 16.7 Å². The van der Waals surface area contributed by atoms with Crippen molar-refractivity contribution in [2.75, 3.05) is 0 Å². The summed E-state index contributed by atoms with van der Waals surface area (Å²) in [4.78, 5) is 21.2. The molecule has 0 atom stereocenters. The summed E-state index contributed by atoms with van der Waals surface area (Å²) in [7, 11) is 0. The Labute approximate surface area is 189 Å². The lowest BCUT2D eigenvalue weighted by Crippen LogP contribution is -2.40. The smallest absolute Gasteiger partial charge is 0.256 e. The number of aromatic hydroxyl groups is 1. The highest BCUT2D eigenvalue weighted by molar-refractivity contribution is 6.11. The maximum absolute atomic E-state index is 13.0. The van der Waals surface area contributed by atoms with Crippen LogP contribution in [0.1, 0.15) is 36.7 Å². The average Bonchev–Trinajstić information content (AvgIpc) is 3.20. The van der Waals surface area contributed by atoms with Crippen LogP contribution in [0, 0.1) is 11.3 Å². The van der Waals surface area contributed by atoms with Gasteiger partial charge in [-0.3, -0.25) is 4.79 Å². The molecule has 10 heteroatoms. The number of azo groups is 1. The van der Waals surface area contributed by atoms with Crippen molar-refractivity contribution in [3.63, 3.8) is 0 Å². The highest BCUT2D eigenvalue weighted by Crippen LogP contribution is 2.38. The van der Waals surface area contributed by atoms with Gasteiger partial charge in [0.1, 0.15) is 17.3 Å². The van der Waals surface area contributed by atoms with Crippen LogP contribution in [0.4, 0.5) is 11.5 Å². The number of nitrogens with one attached hydrogen (secondary N) is 1. The molecule has 0 aliphatic heterocycles. The van der Waals surface area contributed by atoms with Crippen LogP contribution in [-0.4, -0.2) is 36.3 Å². The molecule has 10 nitrogen and oxygen atoms in total. The molecule has 0 saturated carbocycles. The first-order valence-electron chi connectivity index (χ1n) is 10.0. The highest BCUT2D eigenvalue weighted by Gasteiger charge is 2.23. The lowest BCUT2D eigenvalue weighted by molar-refractivity contribution is 0.0918. The standard InChI is InChI=1S/C23H20N8O2/c1-23(2,3)28-21(33)18-16-8-5-4-7-14(16)11-17(19(18)32)29-30-20-15(12-24)13-27-31(20)22-25-9-6-10-26-22/h4-11,13,32H,1-3H3,(H,28,33)/b30-29+. The molecule has 2 aromatic heterocycles. The van der Waals surface area contributed by atoms with Gasteiger partial charge in [0.15, 0.2) is 11.6 Å². The topological polar surface area (TPSA) is 141 Å². The minimum atomic E-state index is -0.508. The number of benzene rings is 2. The van der Waals surface area contributed by atoms with Crippen LogP contribution in [0.15, 0.2) is 65.2 Å². The number of carbonyl (C=O) groups is 1. The molecule has 4 aromatic rings. The molecular formula is C23H20N8O2. The summed E-state index contributed by atoms with van der Waals surface area (Å²) in [6.07, 6.45) is 4.39. The van der Waals surface area contributed by atoms with Crippen molar-refractivity contribution in [2.24, 2.45) is 10.2 Å². The van der Waals surface area contributed by atoms with Crippen molar-refractivity contribution >= 4 is 28.2 Å². The second-order valence-corrected chi connectivity index (χ2v) is 8.20. The summed E-state index contributed by atoms with van der Waals surface area (Å²) < 4.78 is 1.27. The van der Waals surface area contributed by atoms with E-state index in [0.717, 1.165) is 0 Å². The van der Waals surface area contributed by atoms with E-state index in [2.05, 4.69) is 30.6 Å². The molecule has 0 fully saturated rings. The quantitative estimate of drug-likeness (QED) is 0.452. The van der Waals surface area contributed by atoms with Crippen LogP contribution in [0.3, 0.4) is 0 Å². The Morgan fingerprint density at radius 3 is 2.58 bits per heavy atom. The monoisotopic (exact) mass is 440 g/mol. The third-order valence-electron chi connectivity index (χ3n) is 4.58. The van der Waals surface area contributed by atoms with Crippen LogP contribution in [0.2, 0.25) is 0 Å². The Bertz CT molecular complexity index is 1410. The Kier molecular flexibility index (Phi) is 5.54. The van der Waals surface area contributed by atoms with Gasteiger partial charge in [-0.15, -0.1) is 10.2 Å². The third kappa shape index (κ3) is 4.38. The number of nitriles is 1. The SMILES string of the molecule is CC(C)(C)NC(=O)c1c(O)c(/N=N/c2c(C#N)cnn2-c2ncccn2)cc2ccccc12. The van der Waals surface area contributed by atoms with Gasteiger partial charge in [-0.1, -0.05) is 24.3 Å². The van der Waals surface area contributed by atoms with Crippen molar-refractivity contribution in [1.82, 2.24) is 25.1 Å². The molecule has 0 radical (unpaired) electrons. The van der Waals surface area contributed by atoms with Crippen LogP contribution in [0.5, 0.6) is 5.75 Å². The Morgan fingerprint density at radius 2 is 1.88 bits per heavy atom. The third-order valence-corrected chi connectivity index (χ3v) is 4.58. The molecule has 164 valence electrons. The Balaban J connectivity index is 1.84. The van der Waals surface area contributed by atoms with E-state index in [9.17, 15) is 15.2 Å². The number of phenols is 1. The number of aromatic nitrogens is 4. The molecule has 0 aliphatic rings. The van der Waals surface area contributed by atoms with Gasteiger partial charge in [0, 0.05) is 17.9 Å². The van der Waals surface area contributed by atoms with E-state index in [1.54, 1.807) is 24.3 Å². The Hall–Kier alpha value is -4.65. The van der Waals surface area contributed by atoms with Gasteiger partial charge in [-0.05, 0) is 43.7 Å². The van der Waals surface area contributed by atoms with Crippen LogP contribution < -0.4 is 5.32 Å². The molecule has 0 saturated heterocycles. The molecule has 0 unspecified atom stereocenters. The summed E-state index contributed by atoms with van der Waals surface area (Å²) in [6.45, 7) is 5.55. The van der Waals surface area contributed by atoms with Gasteiger partial charge in [0.2, 0.25) is 0 Å². The summed E-state index contributed by atoms with van der Waals surface area (Å²) >= 11 is 0. The molecule has 2 aromatic carbocycles. The minimum absolute atomic E-state index is 0.0679. The second-order valence-electron chi connectivity index (χ2n) is 8.20. The summed E-state index contributed by atoms with van der Waals surface area (Å²) in [5.74, 6) is -0.452. The number of hydrogen-bond acceptors (Lipinski definition) is 8. The van der Waals surface area contributed by atoms with E-state index >= 15 is 0 Å². The zero-order valence-corrected chi connectivity index (χ0v) is 18.2. The fourth-order valence-corrected chi connectivity index (χ4v) is 3.20. The van der Waals surface area contributed by atoms with E-state index in [1.807, 2.05) is 39.0 Å². The fourth-order valence-electron chi connectivity index (χ4n) is 3.20. The van der Waals surface area contributed by atoms with Crippen molar-refractivity contribution < 1.29 is 9.90 Å². The number of amides is 1. The lowest BCUT2D eigenvalue weighted by atomic mass is 10.00. The number of fused-ring (bicyclic) bond motifs is 1. The number of carbonyl (C=O) groups excluding carboxylic acids is 1. The highest BCUT2D eigenvalue weighted by atomic mass is 16.3. The molecule has 0 bridgehead atoms. The first-order valence-corrected chi connectivity index (χ1v) is 10.0. The van der Waals surface area contributed by atoms with Gasteiger partial charge in [-0.2, -0.15) is 15.0 Å². The van der Waals surface area contributed by atoms with Gasteiger partial charge in [0.05, 0.1) is 11.8 Å². The molecule has 0 aliphatic carbocycles. The van der Waals surface area contributed by atoms with Crippen LogP contribution >= 0.6 is 0 Å². The van der Waals surface area contributed by atoms with E-state index in [-0.39, 0.29) is 34.3 Å². The Morgan fingerprint density at radius 1 is 1.15 bits per heavy atom. The summed E-state index contributed by atoms with van der Waals surface area (Å²) in [5, 5.41) is 37.0. The van der Waals surface area contributed by atoms with E-state index in [4.69, 9.17) is 0 Å². The number of hydrogen-bond donors (Lipinski definition) is 2. The molecule has 1 amide bonds.